The predicted molar refractivity (Wildman–Crippen MR) is 224 cm³/mol. The SMILES string of the molecule is Cc1cccc([Si]c2ccc(N(c3ccc([Si]c4cccc(C)c4C)cc3)c3ccc4c5cccc6cccc(c7cccc3c74)c65)cc2)c1C. The van der Waals surface area contributed by atoms with Gasteiger partial charge in [-0.2, -0.15) is 0 Å². The van der Waals surface area contributed by atoms with Crippen molar-refractivity contribution in [1.29, 1.82) is 0 Å². The van der Waals surface area contributed by atoms with Crippen molar-refractivity contribution in [2.75, 3.05) is 4.90 Å². The van der Waals surface area contributed by atoms with Crippen molar-refractivity contribution in [2.45, 2.75) is 27.7 Å². The molecule has 0 N–H and O–H groups in total. The van der Waals surface area contributed by atoms with Gasteiger partial charge < -0.3 is 4.90 Å². The van der Waals surface area contributed by atoms with Crippen LogP contribution in [0.1, 0.15) is 22.3 Å². The molecule has 9 aromatic rings. The van der Waals surface area contributed by atoms with Gasteiger partial charge in [-0.25, -0.2) is 0 Å². The predicted octanol–water partition coefficient (Wildman–Crippen LogP) is 9.75. The van der Waals surface area contributed by atoms with E-state index in [-0.39, 0.29) is 0 Å². The summed E-state index contributed by atoms with van der Waals surface area (Å²) >= 11 is 0. The third-order valence-corrected chi connectivity index (χ3v) is 13.6. The van der Waals surface area contributed by atoms with Crippen molar-refractivity contribution in [1.82, 2.24) is 0 Å². The lowest BCUT2D eigenvalue weighted by atomic mass is 9.89. The Labute approximate surface area is 305 Å². The minimum absolute atomic E-state index is 0.620. The smallest absolute Gasteiger partial charge is 0.121 e. The molecule has 0 amide bonds. The fourth-order valence-electron chi connectivity index (χ4n) is 7.72. The molecule has 0 atom stereocenters. The monoisotopic (exact) mass is 683 g/mol. The highest BCUT2D eigenvalue weighted by Gasteiger charge is 2.20. The van der Waals surface area contributed by atoms with Gasteiger partial charge in [0.15, 0.2) is 0 Å². The highest BCUT2D eigenvalue weighted by atomic mass is 28.2. The number of hydrogen-bond acceptors (Lipinski definition) is 1. The molecule has 9 rings (SSSR count). The quantitative estimate of drug-likeness (QED) is 0.0919. The van der Waals surface area contributed by atoms with E-state index in [2.05, 4.69) is 184 Å². The molecule has 0 fully saturated rings. The summed E-state index contributed by atoms with van der Waals surface area (Å²) in [5, 5.41) is 16.0. The number of nitrogens with zero attached hydrogens (tertiary/aromatic N) is 1. The number of aryl methyl sites for hydroxylation is 2. The third kappa shape index (κ3) is 5.45. The Morgan fingerprint density at radius 3 is 1.33 bits per heavy atom. The first-order valence-corrected chi connectivity index (χ1v) is 19.7. The molecule has 0 spiro atoms. The number of hydrogen-bond donors (Lipinski definition) is 0. The molecule has 3 heteroatoms. The van der Waals surface area contributed by atoms with E-state index in [1.165, 1.54) is 91.8 Å². The zero-order chi connectivity index (χ0) is 34.6. The molecule has 9 aromatic carbocycles. The van der Waals surface area contributed by atoms with Gasteiger partial charge in [0.25, 0.3) is 0 Å². The van der Waals surface area contributed by atoms with Gasteiger partial charge in [-0.3, -0.25) is 0 Å². The second kappa shape index (κ2) is 12.7. The van der Waals surface area contributed by atoms with Crippen LogP contribution in [0.4, 0.5) is 17.1 Å². The van der Waals surface area contributed by atoms with E-state index in [0.29, 0.717) is 19.0 Å². The van der Waals surface area contributed by atoms with Crippen LogP contribution in [0.15, 0.2) is 152 Å². The maximum Gasteiger partial charge on any atom is 0.121 e. The maximum atomic E-state index is 2.46. The van der Waals surface area contributed by atoms with Gasteiger partial charge in [-0.15, -0.1) is 0 Å². The van der Waals surface area contributed by atoms with Crippen LogP contribution >= 0.6 is 0 Å². The Morgan fingerprint density at radius 2 is 0.804 bits per heavy atom. The first kappa shape index (κ1) is 31.5. The zero-order valence-electron chi connectivity index (χ0n) is 29.4. The van der Waals surface area contributed by atoms with E-state index < -0.39 is 0 Å². The van der Waals surface area contributed by atoms with Gasteiger partial charge >= 0.3 is 0 Å². The normalized spacial score (nSPS) is 11.7. The molecule has 0 saturated carbocycles. The first-order chi connectivity index (χ1) is 24.9. The van der Waals surface area contributed by atoms with Gasteiger partial charge in [0.2, 0.25) is 0 Å². The Balaban J connectivity index is 1.19. The minimum Gasteiger partial charge on any atom is -0.310 e. The molecule has 51 heavy (non-hydrogen) atoms. The van der Waals surface area contributed by atoms with Crippen LogP contribution in [0.2, 0.25) is 0 Å². The summed E-state index contributed by atoms with van der Waals surface area (Å²) in [7, 11) is 1.24. The van der Waals surface area contributed by atoms with E-state index in [9.17, 15) is 0 Å². The van der Waals surface area contributed by atoms with E-state index in [1.807, 2.05) is 0 Å². The van der Waals surface area contributed by atoms with Gasteiger partial charge in [0.1, 0.15) is 19.0 Å². The van der Waals surface area contributed by atoms with Crippen LogP contribution in [-0.4, -0.2) is 19.0 Å². The molecule has 0 aliphatic carbocycles. The van der Waals surface area contributed by atoms with Crippen molar-refractivity contribution in [2.24, 2.45) is 0 Å². The largest absolute Gasteiger partial charge is 0.310 e. The summed E-state index contributed by atoms with van der Waals surface area (Å²) in [5.41, 5.74) is 9.00. The second-order valence-electron chi connectivity index (χ2n) is 13.7. The minimum atomic E-state index is 0.620. The number of anilines is 3. The lowest BCUT2D eigenvalue weighted by Crippen LogP contribution is -2.29. The molecule has 242 valence electrons. The Bertz CT molecular complexity index is 2580. The fourth-order valence-corrected chi connectivity index (χ4v) is 10.1. The average molecular weight is 684 g/mol. The molecular formula is C48H37NSi2. The van der Waals surface area contributed by atoms with Crippen molar-refractivity contribution in [3.05, 3.63) is 174 Å². The van der Waals surface area contributed by atoms with Crippen LogP contribution in [-0.2, 0) is 0 Å². The lowest BCUT2D eigenvalue weighted by Gasteiger charge is -2.28. The summed E-state index contributed by atoms with van der Waals surface area (Å²) < 4.78 is 0. The van der Waals surface area contributed by atoms with Crippen LogP contribution in [0, 0.1) is 27.7 Å². The van der Waals surface area contributed by atoms with Crippen molar-refractivity contribution < 1.29 is 0 Å². The van der Waals surface area contributed by atoms with Crippen LogP contribution in [0.25, 0.3) is 43.1 Å². The lowest BCUT2D eigenvalue weighted by molar-refractivity contribution is 1.30. The number of benzene rings is 9. The number of fused-ring (bicyclic) bond motifs is 2. The average Bonchev–Trinajstić information content (AvgIpc) is 3.16. The first-order valence-electron chi connectivity index (χ1n) is 17.7. The molecule has 1 nitrogen and oxygen atoms in total. The second-order valence-corrected chi connectivity index (χ2v) is 16.5. The van der Waals surface area contributed by atoms with Crippen molar-refractivity contribution >= 4 is 99.9 Å². The maximum absolute atomic E-state index is 2.46. The summed E-state index contributed by atoms with van der Waals surface area (Å²) in [5.74, 6) is 0. The molecule has 0 bridgehead atoms. The van der Waals surface area contributed by atoms with Crippen molar-refractivity contribution in [3.8, 4) is 0 Å². The zero-order valence-corrected chi connectivity index (χ0v) is 31.4. The topological polar surface area (TPSA) is 3.24 Å². The van der Waals surface area contributed by atoms with Gasteiger partial charge in [-0.1, -0.05) is 142 Å². The Hall–Kier alpha value is -5.49. The fraction of sp³-hybridized carbons (Fsp3) is 0.0833. The third-order valence-electron chi connectivity index (χ3n) is 10.8. The van der Waals surface area contributed by atoms with Gasteiger partial charge in [0.05, 0.1) is 5.69 Å². The molecule has 4 radical (unpaired) electrons. The highest BCUT2D eigenvalue weighted by molar-refractivity contribution is 6.68. The summed E-state index contributed by atoms with van der Waals surface area (Å²) in [6, 6.07) is 56.8. The number of rotatable bonds is 7. The van der Waals surface area contributed by atoms with E-state index in [1.54, 1.807) is 0 Å². The van der Waals surface area contributed by atoms with Crippen molar-refractivity contribution in [3.63, 3.8) is 0 Å². The van der Waals surface area contributed by atoms with Crippen LogP contribution in [0.3, 0.4) is 0 Å². The molecular weight excluding hydrogens is 647 g/mol. The highest BCUT2D eigenvalue weighted by Crippen LogP contribution is 2.45. The van der Waals surface area contributed by atoms with E-state index >= 15 is 0 Å². The van der Waals surface area contributed by atoms with Gasteiger partial charge in [0, 0.05) is 16.8 Å². The van der Waals surface area contributed by atoms with E-state index in [0.717, 1.165) is 11.4 Å². The summed E-state index contributed by atoms with van der Waals surface area (Å²) in [4.78, 5) is 2.46. The molecule has 0 saturated heterocycles. The van der Waals surface area contributed by atoms with E-state index in [4.69, 9.17) is 0 Å². The van der Waals surface area contributed by atoms with Crippen LogP contribution in [0.5, 0.6) is 0 Å². The summed E-state index contributed by atoms with van der Waals surface area (Å²) in [6.07, 6.45) is 0. The van der Waals surface area contributed by atoms with Gasteiger partial charge in [-0.05, 0) is 118 Å². The Morgan fingerprint density at radius 1 is 0.373 bits per heavy atom. The molecule has 0 heterocycles. The molecule has 0 aromatic heterocycles. The molecule has 0 aliphatic heterocycles. The summed E-state index contributed by atoms with van der Waals surface area (Å²) in [6.45, 7) is 8.90. The molecule has 0 aliphatic rings. The molecule has 0 unspecified atom stereocenters. The standard InChI is InChI=1S/C48H37NSi2/c1-30-10-5-18-45(32(30)3)50-37-24-20-35(21-25-37)49(36-22-26-38(27-23-36)51-46-19-6-11-31(2)33(46)4)44-29-28-42-40-15-8-13-34-12-7-14-39(47(34)40)41-16-9-17-43(44)48(41)42/h5-29H,1-4H3. The Kier molecular flexibility index (Phi) is 7.83. The van der Waals surface area contributed by atoms with Crippen LogP contribution < -0.4 is 25.6 Å².